The van der Waals surface area contributed by atoms with Crippen LogP contribution in [0, 0.1) is 11.8 Å². The molecule has 3 heterocycles. The van der Waals surface area contributed by atoms with E-state index in [1.54, 1.807) is 0 Å². The van der Waals surface area contributed by atoms with Gasteiger partial charge in [-0.15, -0.1) is 11.8 Å². The SMILES string of the molecule is C1=CC2C(C1=C(c1ccccc1)c1ccccc1)[C@]1(c3ccccc3)S[C@@]2(c2ccccc2)c2nc3ccccc3n21. The van der Waals surface area contributed by atoms with Crippen molar-refractivity contribution in [3.05, 3.63) is 191 Å². The van der Waals surface area contributed by atoms with Gasteiger partial charge in [0.2, 0.25) is 0 Å². The molecule has 0 spiro atoms. The summed E-state index contributed by atoms with van der Waals surface area (Å²) in [7, 11) is 0. The van der Waals surface area contributed by atoms with Gasteiger partial charge in [-0.1, -0.05) is 146 Å². The van der Waals surface area contributed by atoms with Crippen molar-refractivity contribution in [2.75, 3.05) is 0 Å². The van der Waals surface area contributed by atoms with E-state index in [0.29, 0.717) is 0 Å². The maximum absolute atomic E-state index is 5.43. The van der Waals surface area contributed by atoms with Gasteiger partial charge in [0, 0.05) is 11.8 Å². The highest BCUT2D eigenvalue weighted by molar-refractivity contribution is 8.02. The number of fused-ring (bicyclic) bond motifs is 10. The predicted octanol–water partition coefficient (Wildman–Crippen LogP) is 9.05. The number of hydrogen-bond acceptors (Lipinski definition) is 2. The van der Waals surface area contributed by atoms with Gasteiger partial charge in [0.15, 0.2) is 0 Å². The lowest BCUT2D eigenvalue weighted by molar-refractivity contribution is 0.281. The zero-order valence-corrected chi connectivity index (χ0v) is 23.8. The summed E-state index contributed by atoms with van der Waals surface area (Å²) in [6.07, 6.45) is 4.94. The highest BCUT2D eigenvalue weighted by Crippen LogP contribution is 2.77. The van der Waals surface area contributed by atoms with Crippen LogP contribution < -0.4 is 0 Å². The van der Waals surface area contributed by atoms with Crippen LogP contribution in [0.4, 0.5) is 0 Å². The minimum Gasteiger partial charge on any atom is -0.306 e. The molecule has 9 rings (SSSR count). The third kappa shape index (κ3) is 3.04. The second-order valence-corrected chi connectivity index (χ2v) is 12.9. The number of allylic oxidation sites excluding steroid dienone is 3. The molecule has 0 N–H and O–H groups in total. The number of aromatic nitrogens is 2. The Morgan fingerprint density at radius 2 is 1.17 bits per heavy atom. The van der Waals surface area contributed by atoms with Crippen molar-refractivity contribution in [1.29, 1.82) is 0 Å². The van der Waals surface area contributed by atoms with Gasteiger partial charge in [0.25, 0.3) is 0 Å². The molecule has 3 aliphatic rings. The van der Waals surface area contributed by atoms with E-state index in [2.05, 4.69) is 174 Å². The fourth-order valence-corrected chi connectivity index (χ4v) is 10.1. The van der Waals surface area contributed by atoms with E-state index in [1.807, 2.05) is 0 Å². The molecule has 200 valence electrons. The molecule has 1 saturated heterocycles. The monoisotopic (exact) mass is 556 g/mol. The first kappa shape index (κ1) is 24.0. The molecule has 0 radical (unpaired) electrons. The maximum atomic E-state index is 5.43. The average molecular weight is 557 g/mol. The van der Waals surface area contributed by atoms with Crippen LogP contribution in [-0.2, 0) is 9.62 Å². The van der Waals surface area contributed by atoms with Crippen molar-refractivity contribution >= 4 is 28.4 Å². The highest BCUT2D eigenvalue weighted by Gasteiger charge is 2.73. The van der Waals surface area contributed by atoms with E-state index in [1.165, 1.54) is 38.9 Å². The zero-order valence-electron chi connectivity index (χ0n) is 23.0. The molecule has 3 heteroatoms. The summed E-state index contributed by atoms with van der Waals surface area (Å²) in [5.74, 6) is 1.61. The first-order chi connectivity index (χ1) is 20.8. The summed E-state index contributed by atoms with van der Waals surface area (Å²) in [4.78, 5) is 5.06. The fraction of sp³-hybridized carbons (Fsp3) is 0.103. The van der Waals surface area contributed by atoms with Crippen molar-refractivity contribution in [2.24, 2.45) is 11.8 Å². The molecule has 1 fully saturated rings. The van der Waals surface area contributed by atoms with Gasteiger partial charge in [0.05, 0.1) is 11.0 Å². The number of rotatable bonds is 4. The van der Waals surface area contributed by atoms with Crippen LogP contribution in [0.3, 0.4) is 0 Å². The topological polar surface area (TPSA) is 17.8 Å². The molecule has 6 aromatic rings. The molecule has 42 heavy (non-hydrogen) atoms. The lowest BCUT2D eigenvalue weighted by Gasteiger charge is -2.40. The highest BCUT2D eigenvalue weighted by atomic mass is 32.2. The molecule has 0 amide bonds. The Labute approximate surface area is 250 Å². The Balaban J connectivity index is 1.43. The first-order valence-corrected chi connectivity index (χ1v) is 15.5. The minimum atomic E-state index is -0.374. The van der Waals surface area contributed by atoms with Crippen molar-refractivity contribution in [3.8, 4) is 0 Å². The smallest absolute Gasteiger partial charge is 0.132 e. The minimum absolute atomic E-state index is 0.200. The number of para-hydroxylation sites is 2. The lowest BCUT2D eigenvalue weighted by atomic mass is 9.69. The average Bonchev–Trinajstić information content (AvgIpc) is 3.81. The molecule has 2 unspecified atom stereocenters. The van der Waals surface area contributed by atoms with Crippen LogP contribution in [0.1, 0.15) is 28.1 Å². The molecule has 2 nitrogen and oxygen atoms in total. The van der Waals surface area contributed by atoms with Crippen molar-refractivity contribution in [1.82, 2.24) is 9.55 Å². The van der Waals surface area contributed by atoms with Crippen LogP contribution in [0.25, 0.3) is 16.6 Å². The summed E-state index contributed by atoms with van der Waals surface area (Å²) >= 11 is 2.10. The Bertz CT molecular complexity index is 1970. The quantitative estimate of drug-likeness (QED) is 0.216. The van der Waals surface area contributed by atoms with Gasteiger partial charge in [-0.05, 0) is 45.5 Å². The molecule has 2 bridgehead atoms. The van der Waals surface area contributed by atoms with Gasteiger partial charge >= 0.3 is 0 Å². The van der Waals surface area contributed by atoms with E-state index in [-0.39, 0.29) is 21.5 Å². The second-order valence-electron chi connectivity index (χ2n) is 11.5. The summed E-state index contributed by atoms with van der Waals surface area (Å²) in [6, 6.07) is 52.9. The molecule has 1 aromatic heterocycles. The van der Waals surface area contributed by atoms with Crippen LogP contribution in [-0.4, -0.2) is 9.55 Å². The van der Waals surface area contributed by atoms with Gasteiger partial charge in [-0.3, -0.25) is 0 Å². The van der Waals surface area contributed by atoms with E-state index >= 15 is 0 Å². The summed E-state index contributed by atoms with van der Waals surface area (Å²) in [6.45, 7) is 0. The van der Waals surface area contributed by atoms with Gasteiger partial charge in [-0.25, -0.2) is 4.98 Å². The Morgan fingerprint density at radius 3 is 1.81 bits per heavy atom. The van der Waals surface area contributed by atoms with Gasteiger partial charge in [0.1, 0.15) is 15.4 Å². The fourth-order valence-electron chi connectivity index (χ4n) is 7.87. The number of thioether (sulfide) groups is 1. The van der Waals surface area contributed by atoms with Crippen LogP contribution in [0.2, 0.25) is 0 Å². The standard InChI is InChI=1S/C39H28N2S/c1-5-15-27(16-6-1)35(28-17-7-2-8-18-28)31-25-26-32-36(31)39(30-21-11-4-12-22-30)41-34-24-14-13-23-33(34)40-37(41)38(32,42-39)29-19-9-3-10-20-29/h1-26,32,36H/t32?,36?,38-,39+/m1/s1. The van der Waals surface area contributed by atoms with Crippen LogP contribution in [0.5, 0.6) is 0 Å². The predicted molar refractivity (Wildman–Crippen MR) is 173 cm³/mol. The lowest BCUT2D eigenvalue weighted by Crippen LogP contribution is -2.43. The Kier molecular flexibility index (Phi) is 5.12. The number of imidazole rings is 1. The van der Waals surface area contributed by atoms with Crippen LogP contribution in [0.15, 0.2) is 163 Å². The summed E-state index contributed by atoms with van der Waals surface area (Å²) in [5, 5.41) is 0. The molecule has 0 saturated carbocycles. The van der Waals surface area contributed by atoms with Gasteiger partial charge < -0.3 is 4.57 Å². The Morgan fingerprint density at radius 1 is 0.619 bits per heavy atom. The van der Waals surface area contributed by atoms with Crippen LogP contribution >= 0.6 is 11.8 Å². The maximum Gasteiger partial charge on any atom is 0.132 e. The molecule has 1 aliphatic carbocycles. The zero-order chi connectivity index (χ0) is 27.7. The number of benzene rings is 5. The second kappa shape index (κ2) is 8.95. The largest absolute Gasteiger partial charge is 0.306 e. The van der Waals surface area contributed by atoms with E-state index < -0.39 is 0 Å². The van der Waals surface area contributed by atoms with E-state index in [0.717, 1.165) is 11.3 Å². The van der Waals surface area contributed by atoms with Crippen molar-refractivity contribution in [3.63, 3.8) is 0 Å². The van der Waals surface area contributed by atoms with Crippen molar-refractivity contribution in [2.45, 2.75) is 9.62 Å². The number of nitrogens with zero attached hydrogens (tertiary/aromatic N) is 2. The first-order valence-electron chi connectivity index (χ1n) is 14.7. The van der Waals surface area contributed by atoms with E-state index in [9.17, 15) is 0 Å². The summed E-state index contributed by atoms with van der Waals surface area (Å²) in [5.41, 5.74) is 10.1. The normalized spacial score (nSPS) is 25.1. The third-order valence-corrected chi connectivity index (χ3v) is 11.4. The molecule has 4 atom stereocenters. The molecule has 5 aromatic carbocycles. The molecular formula is C39H28N2S. The third-order valence-electron chi connectivity index (χ3n) is 9.41. The van der Waals surface area contributed by atoms with Gasteiger partial charge in [-0.2, -0.15) is 0 Å². The van der Waals surface area contributed by atoms with Crippen molar-refractivity contribution < 1.29 is 0 Å². The van der Waals surface area contributed by atoms with E-state index in [4.69, 9.17) is 4.98 Å². The number of hydrogen-bond donors (Lipinski definition) is 0. The molecule has 2 aliphatic heterocycles. The summed E-state index contributed by atoms with van der Waals surface area (Å²) < 4.78 is 2.29. The molecular weight excluding hydrogens is 529 g/mol. The Hall–Kier alpha value is -4.60.